The minimum Gasteiger partial charge on any atom is -0.507 e. The highest BCUT2D eigenvalue weighted by molar-refractivity contribution is 8.33. The molecular formula is C26H36F2O4S2. The van der Waals surface area contributed by atoms with Crippen LogP contribution in [0.1, 0.15) is 62.5 Å². The Labute approximate surface area is 203 Å². The fourth-order valence-corrected chi connectivity index (χ4v) is 14.7. The van der Waals surface area contributed by atoms with Gasteiger partial charge in [-0.05, 0) is 123 Å². The number of hydrogen-bond donors (Lipinski definition) is 1. The van der Waals surface area contributed by atoms with Crippen molar-refractivity contribution in [3.63, 3.8) is 0 Å². The number of hydrogen-bond acceptors (Lipinski definition) is 4. The van der Waals surface area contributed by atoms with Crippen molar-refractivity contribution in [1.82, 2.24) is 0 Å². The van der Waals surface area contributed by atoms with Crippen LogP contribution < -0.4 is 0 Å². The number of aryl methyl sites for hydroxylation is 2. The number of benzene rings is 1. The molecule has 1 heterocycles. The van der Waals surface area contributed by atoms with Crippen LogP contribution in [0.25, 0.3) is 0 Å². The van der Waals surface area contributed by atoms with E-state index < -0.39 is 32.1 Å². The summed E-state index contributed by atoms with van der Waals surface area (Å²) in [6.45, 7) is 3.49. The number of phenolic OH excluding ortho intramolecular Hbond substituents is 1. The van der Waals surface area contributed by atoms with Crippen LogP contribution in [0, 0.1) is 55.3 Å². The first-order chi connectivity index (χ1) is 16.0. The Morgan fingerprint density at radius 3 is 2.26 bits per heavy atom. The number of rotatable bonds is 6. The average molecular weight is 515 g/mol. The van der Waals surface area contributed by atoms with Gasteiger partial charge in [0.05, 0.1) is 0 Å². The van der Waals surface area contributed by atoms with Gasteiger partial charge in [0.1, 0.15) is 5.75 Å². The van der Waals surface area contributed by atoms with E-state index >= 15 is 8.78 Å². The van der Waals surface area contributed by atoms with Gasteiger partial charge in [0.15, 0.2) is 0 Å². The van der Waals surface area contributed by atoms with Crippen LogP contribution >= 0.6 is 10.3 Å². The van der Waals surface area contributed by atoms with E-state index in [-0.39, 0.29) is 17.6 Å². The first-order valence-electron chi connectivity index (χ1n) is 12.9. The maximum atomic E-state index is 15.5. The van der Waals surface area contributed by atoms with Gasteiger partial charge < -0.3 is 5.11 Å². The van der Waals surface area contributed by atoms with Gasteiger partial charge in [-0.2, -0.15) is 17.2 Å². The molecule has 0 amide bonds. The fraction of sp³-hybridized carbons (Fsp3) is 0.769. The molecule has 5 fully saturated rings. The van der Waals surface area contributed by atoms with Crippen molar-refractivity contribution in [1.29, 1.82) is 0 Å². The fourth-order valence-electron chi connectivity index (χ4n) is 8.81. The van der Waals surface area contributed by atoms with Crippen LogP contribution in [0.5, 0.6) is 5.75 Å². The van der Waals surface area contributed by atoms with Crippen LogP contribution in [0.3, 0.4) is 0 Å². The predicted octanol–water partition coefficient (Wildman–Crippen LogP) is 6.53. The van der Waals surface area contributed by atoms with Gasteiger partial charge >= 0.3 is 15.4 Å². The van der Waals surface area contributed by atoms with Crippen LogP contribution in [0.2, 0.25) is 0 Å². The van der Waals surface area contributed by atoms with Crippen LogP contribution in [0.4, 0.5) is 8.78 Å². The molecule has 190 valence electrons. The summed E-state index contributed by atoms with van der Waals surface area (Å²) in [5.41, 5.74) is 1.23. The molecule has 0 radical (unpaired) electrons. The summed E-state index contributed by atoms with van der Waals surface area (Å²) in [6.07, 6.45) is 6.50. The zero-order valence-electron chi connectivity index (χ0n) is 20.0. The van der Waals surface area contributed by atoms with Crippen molar-refractivity contribution in [2.75, 3.05) is 11.5 Å². The normalized spacial score (nSPS) is 39.0. The molecule has 4 bridgehead atoms. The molecule has 1 N–H and O–H groups in total. The van der Waals surface area contributed by atoms with Crippen molar-refractivity contribution in [3.05, 3.63) is 23.3 Å². The lowest BCUT2D eigenvalue weighted by atomic mass is 9.67. The lowest BCUT2D eigenvalue weighted by Crippen LogP contribution is -2.39. The quantitative estimate of drug-likeness (QED) is 0.439. The van der Waals surface area contributed by atoms with Gasteiger partial charge in [-0.3, -0.25) is 0 Å². The zero-order chi connectivity index (χ0) is 24.0. The Hall–Kier alpha value is -0.860. The van der Waals surface area contributed by atoms with Crippen molar-refractivity contribution < 1.29 is 25.9 Å². The van der Waals surface area contributed by atoms with E-state index in [1.54, 1.807) is 26.0 Å². The van der Waals surface area contributed by atoms with Gasteiger partial charge in [0.2, 0.25) is 0 Å². The minimum absolute atomic E-state index is 0.152. The molecule has 6 rings (SSSR count). The number of aromatic hydroxyl groups is 1. The molecule has 5 aliphatic rings. The number of alkyl halides is 2. The van der Waals surface area contributed by atoms with E-state index in [9.17, 15) is 13.5 Å². The molecule has 7 atom stereocenters. The molecule has 4 aliphatic carbocycles. The smallest absolute Gasteiger partial charge is 0.371 e. The Morgan fingerprint density at radius 2 is 1.62 bits per heavy atom. The summed E-state index contributed by atoms with van der Waals surface area (Å²) in [6, 6.07) is 3.45. The minimum atomic E-state index is -5.08. The predicted molar refractivity (Wildman–Crippen MR) is 129 cm³/mol. The standard InChI is InChI=1S/C26H36F2O4S2/c1-15-9-21(10-16(2)25(15)29)33(7-3-4-8-33)32-34(30,31)26(27,28)14-20-12-19-13-22(20)24-18-6-5-17(11-18)23(19)24/h9-10,17-20,22-24,29H,3-8,11-14H2,1-2H3. The molecule has 4 saturated carbocycles. The summed E-state index contributed by atoms with van der Waals surface area (Å²) < 4.78 is 63.0. The number of fused-ring (bicyclic) bond motifs is 9. The molecule has 4 nitrogen and oxygen atoms in total. The van der Waals surface area contributed by atoms with Gasteiger partial charge in [0, 0.05) is 22.8 Å². The Bertz CT molecular complexity index is 1080. The van der Waals surface area contributed by atoms with E-state index in [2.05, 4.69) is 0 Å². The third kappa shape index (κ3) is 3.41. The number of phenols is 1. The summed E-state index contributed by atoms with van der Waals surface area (Å²) in [4.78, 5) is 0.655. The highest BCUT2D eigenvalue weighted by Crippen LogP contribution is 2.70. The van der Waals surface area contributed by atoms with Crippen molar-refractivity contribution >= 4 is 20.4 Å². The van der Waals surface area contributed by atoms with Gasteiger partial charge in [-0.15, -0.1) is 0 Å². The monoisotopic (exact) mass is 514 g/mol. The second-order valence-corrected chi connectivity index (χ2v) is 16.8. The number of halogens is 2. The third-order valence-electron chi connectivity index (χ3n) is 10.0. The molecule has 34 heavy (non-hydrogen) atoms. The second-order valence-electron chi connectivity index (χ2n) is 11.8. The van der Waals surface area contributed by atoms with Gasteiger partial charge in [-0.1, -0.05) is 10.3 Å². The maximum absolute atomic E-state index is 15.5. The summed E-state index contributed by atoms with van der Waals surface area (Å²) in [7, 11) is -7.47. The highest BCUT2D eigenvalue weighted by atomic mass is 32.3. The largest absolute Gasteiger partial charge is 0.507 e. The Kier molecular flexibility index (Phi) is 5.41. The average Bonchev–Trinajstić information content (AvgIpc) is 3.56. The molecule has 0 aromatic heterocycles. The van der Waals surface area contributed by atoms with Crippen LogP contribution in [-0.2, 0) is 13.7 Å². The third-order valence-corrected chi connectivity index (χ3v) is 15.7. The highest BCUT2D eigenvalue weighted by Gasteiger charge is 2.64. The van der Waals surface area contributed by atoms with Crippen molar-refractivity contribution in [2.24, 2.45) is 41.4 Å². The first kappa shape index (κ1) is 23.5. The van der Waals surface area contributed by atoms with E-state index in [4.69, 9.17) is 3.63 Å². The maximum Gasteiger partial charge on any atom is 0.371 e. The second kappa shape index (κ2) is 7.82. The van der Waals surface area contributed by atoms with Gasteiger partial charge in [0.25, 0.3) is 0 Å². The lowest BCUT2D eigenvalue weighted by Gasteiger charge is -2.40. The molecule has 1 aromatic rings. The Morgan fingerprint density at radius 1 is 1.00 bits per heavy atom. The Balaban J connectivity index is 1.23. The summed E-state index contributed by atoms with van der Waals surface area (Å²) in [5.74, 6) is 4.39. The SMILES string of the molecule is Cc1cc(S2(OS(=O)(=O)C(F)(F)CC3CC4CC3C3C5CCC(C5)C43)CCCC2)cc(C)c1O. The zero-order valence-corrected chi connectivity index (χ0v) is 21.6. The molecule has 0 spiro atoms. The molecular weight excluding hydrogens is 478 g/mol. The van der Waals surface area contributed by atoms with Crippen molar-refractivity contribution in [2.45, 2.75) is 75.4 Å². The van der Waals surface area contributed by atoms with E-state index in [0.717, 1.165) is 31.6 Å². The first-order valence-corrected chi connectivity index (χ1v) is 16.2. The van der Waals surface area contributed by atoms with Crippen LogP contribution in [-0.4, -0.2) is 30.3 Å². The molecule has 7 unspecified atom stereocenters. The summed E-state index contributed by atoms with van der Waals surface area (Å²) >= 11 is 0. The summed E-state index contributed by atoms with van der Waals surface area (Å²) in [5, 5.41) is 6.29. The molecule has 1 saturated heterocycles. The van der Waals surface area contributed by atoms with Gasteiger partial charge in [-0.25, -0.2) is 3.63 Å². The molecule has 8 heteroatoms. The van der Waals surface area contributed by atoms with Crippen molar-refractivity contribution in [3.8, 4) is 5.75 Å². The van der Waals surface area contributed by atoms with E-state index in [0.29, 0.717) is 51.2 Å². The van der Waals surface area contributed by atoms with E-state index in [1.807, 2.05) is 0 Å². The molecule has 1 aromatic carbocycles. The van der Waals surface area contributed by atoms with E-state index in [1.165, 1.54) is 19.3 Å². The lowest BCUT2D eigenvalue weighted by molar-refractivity contribution is 0.0196. The molecule has 1 aliphatic heterocycles. The topological polar surface area (TPSA) is 63.6 Å². The van der Waals surface area contributed by atoms with Crippen LogP contribution in [0.15, 0.2) is 17.0 Å².